The second-order valence-corrected chi connectivity index (χ2v) is 8.10. The summed E-state index contributed by atoms with van der Waals surface area (Å²) < 4.78 is 18.7. The first-order valence-electron chi connectivity index (χ1n) is 10.2. The Morgan fingerprint density at radius 2 is 1.97 bits per heavy atom. The largest absolute Gasteiger partial charge is 0.383 e. The summed E-state index contributed by atoms with van der Waals surface area (Å²) in [7, 11) is 1.64. The van der Waals surface area contributed by atoms with E-state index in [2.05, 4.69) is 5.32 Å². The zero-order chi connectivity index (χ0) is 22.3. The Balaban J connectivity index is 1.60. The second-order valence-electron chi connectivity index (χ2n) is 7.15. The van der Waals surface area contributed by atoms with Gasteiger partial charge in [0.25, 0.3) is 0 Å². The van der Waals surface area contributed by atoms with Gasteiger partial charge >= 0.3 is 0 Å². The maximum atomic E-state index is 13.4. The molecule has 6 nitrogen and oxygen atoms in total. The van der Waals surface area contributed by atoms with Crippen LogP contribution in [0.15, 0.2) is 66.0 Å². The number of halogens is 1. The van der Waals surface area contributed by atoms with Crippen molar-refractivity contribution in [1.29, 1.82) is 0 Å². The van der Waals surface area contributed by atoms with Crippen LogP contribution < -0.4 is 10.2 Å². The highest BCUT2D eigenvalue weighted by Gasteiger charge is 2.17. The molecule has 32 heavy (non-hydrogen) atoms. The number of carbonyl (C=O) groups is 1. The number of hydrogen-bond acceptors (Lipinski definition) is 6. The van der Waals surface area contributed by atoms with Crippen LogP contribution in [0.5, 0.6) is 0 Å². The number of carbonyl (C=O) groups excluding carboxylic acids is 1. The molecule has 0 fully saturated rings. The third kappa shape index (κ3) is 5.27. The number of ether oxygens (including phenoxy) is 1. The summed E-state index contributed by atoms with van der Waals surface area (Å²) in [4.78, 5) is 25.1. The van der Waals surface area contributed by atoms with Gasteiger partial charge in [0.05, 0.1) is 17.0 Å². The van der Waals surface area contributed by atoms with E-state index in [1.807, 2.05) is 46.7 Å². The first kappa shape index (κ1) is 21.9. The topological polar surface area (TPSA) is 67.3 Å². The van der Waals surface area contributed by atoms with Crippen LogP contribution in [0.4, 0.5) is 15.9 Å². The molecule has 0 saturated heterocycles. The first-order chi connectivity index (χ1) is 15.6. The molecule has 0 bridgehead atoms. The SMILES string of the molecule is COCCN(CCC(=O)Nc1cccc(F)c1)c1nc(-c2cccs2)nc2ccccc12. The lowest BCUT2D eigenvalue weighted by atomic mass is 10.2. The first-order valence-corrected chi connectivity index (χ1v) is 11.1. The van der Waals surface area contributed by atoms with Crippen LogP contribution in [0, 0.1) is 5.82 Å². The molecule has 8 heteroatoms. The van der Waals surface area contributed by atoms with Crippen molar-refractivity contribution >= 4 is 39.7 Å². The Morgan fingerprint density at radius 1 is 1.09 bits per heavy atom. The molecule has 2 heterocycles. The molecular weight excluding hydrogens is 427 g/mol. The van der Waals surface area contributed by atoms with Gasteiger partial charge in [-0.25, -0.2) is 14.4 Å². The third-order valence-electron chi connectivity index (χ3n) is 4.91. The lowest BCUT2D eigenvalue weighted by molar-refractivity contribution is -0.116. The van der Waals surface area contributed by atoms with E-state index in [1.54, 1.807) is 30.6 Å². The van der Waals surface area contributed by atoms with E-state index in [9.17, 15) is 9.18 Å². The number of rotatable bonds is 9. The van der Waals surface area contributed by atoms with Crippen LogP contribution in [0.1, 0.15) is 6.42 Å². The minimum atomic E-state index is -0.391. The molecule has 1 amide bonds. The fourth-order valence-corrected chi connectivity index (χ4v) is 4.03. The summed E-state index contributed by atoms with van der Waals surface area (Å²) in [6.45, 7) is 1.47. The maximum Gasteiger partial charge on any atom is 0.226 e. The van der Waals surface area contributed by atoms with Crippen LogP contribution in [0.2, 0.25) is 0 Å². The van der Waals surface area contributed by atoms with Crippen LogP contribution >= 0.6 is 11.3 Å². The number of nitrogens with zero attached hydrogens (tertiary/aromatic N) is 3. The number of amides is 1. The molecule has 2 aromatic carbocycles. The van der Waals surface area contributed by atoms with E-state index in [0.29, 0.717) is 31.2 Å². The summed E-state index contributed by atoms with van der Waals surface area (Å²) in [6, 6.07) is 17.7. The molecule has 0 spiro atoms. The molecule has 0 radical (unpaired) electrons. The molecule has 4 aromatic rings. The summed E-state index contributed by atoms with van der Waals surface area (Å²) in [5.41, 5.74) is 1.28. The van der Waals surface area contributed by atoms with Gasteiger partial charge in [-0.3, -0.25) is 4.79 Å². The minimum Gasteiger partial charge on any atom is -0.383 e. The van der Waals surface area contributed by atoms with Crippen molar-refractivity contribution in [3.05, 3.63) is 71.9 Å². The van der Waals surface area contributed by atoms with Crippen molar-refractivity contribution in [1.82, 2.24) is 9.97 Å². The number of anilines is 2. The molecule has 1 N–H and O–H groups in total. The van der Waals surface area contributed by atoms with E-state index in [4.69, 9.17) is 14.7 Å². The van der Waals surface area contributed by atoms with E-state index < -0.39 is 5.82 Å². The fourth-order valence-electron chi connectivity index (χ4n) is 3.37. The van der Waals surface area contributed by atoms with Crippen LogP contribution in [0.3, 0.4) is 0 Å². The molecular formula is C24H23FN4O2S. The Labute approximate surface area is 189 Å². The minimum absolute atomic E-state index is 0.199. The van der Waals surface area contributed by atoms with Gasteiger partial charge in [0.15, 0.2) is 5.82 Å². The number of hydrogen-bond donors (Lipinski definition) is 1. The highest BCUT2D eigenvalue weighted by atomic mass is 32.1. The van der Waals surface area contributed by atoms with Crippen molar-refractivity contribution < 1.29 is 13.9 Å². The number of para-hydroxylation sites is 1. The van der Waals surface area contributed by atoms with Gasteiger partial charge < -0.3 is 15.0 Å². The molecule has 0 aliphatic rings. The van der Waals surface area contributed by atoms with Gasteiger partial charge in [-0.2, -0.15) is 0 Å². The molecule has 2 aromatic heterocycles. The van der Waals surface area contributed by atoms with Crippen molar-refractivity contribution in [3.63, 3.8) is 0 Å². The third-order valence-corrected chi connectivity index (χ3v) is 5.77. The zero-order valence-electron chi connectivity index (χ0n) is 17.6. The van der Waals surface area contributed by atoms with E-state index in [0.717, 1.165) is 21.6 Å². The lowest BCUT2D eigenvalue weighted by Gasteiger charge is -2.25. The molecule has 0 atom stereocenters. The van der Waals surface area contributed by atoms with Crippen molar-refractivity contribution in [3.8, 4) is 10.7 Å². The molecule has 0 aliphatic carbocycles. The van der Waals surface area contributed by atoms with Crippen LogP contribution in [0.25, 0.3) is 21.6 Å². The van der Waals surface area contributed by atoms with E-state index in [-0.39, 0.29) is 12.3 Å². The van der Waals surface area contributed by atoms with Gasteiger partial charge in [-0.05, 0) is 41.8 Å². The smallest absolute Gasteiger partial charge is 0.226 e. The van der Waals surface area contributed by atoms with E-state index in [1.165, 1.54) is 12.1 Å². The highest BCUT2D eigenvalue weighted by Crippen LogP contribution is 2.29. The van der Waals surface area contributed by atoms with Crippen molar-refractivity contribution in [2.45, 2.75) is 6.42 Å². The number of nitrogens with one attached hydrogen (secondary N) is 1. The van der Waals surface area contributed by atoms with Crippen LogP contribution in [-0.4, -0.2) is 42.7 Å². The quantitative estimate of drug-likeness (QED) is 0.390. The monoisotopic (exact) mass is 450 g/mol. The number of aromatic nitrogens is 2. The number of thiophene rings is 1. The highest BCUT2D eigenvalue weighted by molar-refractivity contribution is 7.13. The summed E-state index contributed by atoms with van der Waals surface area (Å²) in [5.74, 6) is 0.822. The van der Waals surface area contributed by atoms with Crippen molar-refractivity contribution in [2.75, 3.05) is 37.0 Å². The second kappa shape index (κ2) is 10.3. The lowest BCUT2D eigenvalue weighted by Crippen LogP contribution is -2.32. The Bertz CT molecular complexity index is 1200. The Kier molecular flexibility index (Phi) is 7.03. The molecule has 0 aliphatic heterocycles. The molecule has 0 unspecified atom stereocenters. The van der Waals surface area contributed by atoms with Gasteiger partial charge in [-0.15, -0.1) is 11.3 Å². The van der Waals surface area contributed by atoms with Gasteiger partial charge in [-0.1, -0.05) is 24.3 Å². The summed E-state index contributed by atoms with van der Waals surface area (Å²) >= 11 is 1.58. The number of benzene rings is 2. The van der Waals surface area contributed by atoms with Crippen LogP contribution in [-0.2, 0) is 9.53 Å². The van der Waals surface area contributed by atoms with Gasteiger partial charge in [0.2, 0.25) is 5.91 Å². The standard InChI is InChI=1S/C24H23FN4O2S/c1-31-14-13-29(12-11-22(30)26-18-7-4-6-17(25)16-18)24-19-8-2-3-9-20(19)27-23(28-24)21-10-5-15-32-21/h2-10,15-16H,11-14H2,1H3,(H,26,30). The number of fused-ring (bicyclic) bond motifs is 1. The average Bonchev–Trinajstić information content (AvgIpc) is 3.34. The van der Waals surface area contributed by atoms with Gasteiger partial charge in [0, 0.05) is 37.7 Å². The van der Waals surface area contributed by atoms with Crippen molar-refractivity contribution in [2.24, 2.45) is 0 Å². The zero-order valence-corrected chi connectivity index (χ0v) is 18.4. The fraction of sp³-hybridized carbons (Fsp3) is 0.208. The summed E-state index contributed by atoms with van der Waals surface area (Å²) in [6.07, 6.45) is 0.215. The molecule has 0 saturated carbocycles. The predicted octanol–water partition coefficient (Wildman–Crippen LogP) is 4.98. The Morgan fingerprint density at radius 3 is 2.75 bits per heavy atom. The number of methoxy groups -OCH3 is 1. The van der Waals surface area contributed by atoms with E-state index >= 15 is 0 Å². The Hall–Kier alpha value is -3.36. The normalized spacial score (nSPS) is 10.9. The maximum absolute atomic E-state index is 13.4. The van der Waals surface area contributed by atoms with Gasteiger partial charge in [0.1, 0.15) is 11.6 Å². The average molecular weight is 451 g/mol. The molecule has 4 rings (SSSR count). The summed E-state index contributed by atoms with van der Waals surface area (Å²) in [5, 5.41) is 5.65. The predicted molar refractivity (Wildman–Crippen MR) is 127 cm³/mol. The molecule has 164 valence electrons.